The summed E-state index contributed by atoms with van der Waals surface area (Å²) in [6.07, 6.45) is 0. The summed E-state index contributed by atoms with van der Waals surface area (Å²) in [5.74, 6) is -0.522. The molecule has 0 spiro atoms. The largest absolute Gasteiger partial charge is 0.312 e. The zero-order valence-electron chi connectivity index (χ0n) is 14.9. The van der Waals surface area contributed by atoms with Crippen LogP contribution in [0, 0.1) is 36.5 Å². The van der Waals surface area contributed by atoms with E-state index in [1.807, 2.05) is 18.2 Å². The van der Waals surface area contributed by atoms with Crippen LogP contribution in [-0.4, -0.2) is 32.3 Å². The minimum Gasteiger partial charge on any atom is -0.312 e. The zero-order chi connectivity index (χ0) is 20.0. The summed E-state index contributed by atoms with van der Waals surface area (Å²) in [6.45, 7) is 3.04. The van der Waals surface area contributed by atoms with E-state index in [2.05, 4.69) is 4.72 Å². The molecule has 0 atom stereocenters. The second-order valence-corrected chi connectivity index (χ2v) is 7.58. The Morgan fingerprint density at radius 3 is 2.37 bits per heavy atom. The number of carbonyl (C=O) groups excluding carboxylic acids is 1. The molecule has 0 saturated heterocycles. The molecule has 27 heavy (non-hydrogen) atoms. The molecule has 0 radical (unpaired) electrons. The van der Waals surface area contributed by atoms with Gasteiger partial charge in [0.2, 0.25) is 0 Å². The Morgan fingerprint density at radius 1 is 1.07 bits per heavy atom. The summed E-state index contributed by atoms with van der Waals surface area (Å²) in [7, 11) is -3.83. The van der Waals surface area contributed by atoms with Crippen molar-refractivity contribution in [3.63, 3.8) is 0 Å². The molecule has 1 amide bonds. The number of nitrogens with one attached hydrogen (secondary N) is 1. The van der Waals surface area contributed by atoms with Crippen LogP contribution in [0.2, 0.25) is 0 Å². The van der Waals surface area contributed by atoms with Crippen molar-refractivity contribution in [1.82, 2.24) is 4.90 Å². The number of aryl methyl sites for hydroxylation is 2. The van der Waals surface area contributed by atoms with E-state index in [0.717, 1.165) is 10.5 Å². The van der Waals surface area contributed by atoms with E-state index in [1.165, 1.54) is 24.3 Å². The lowest BCUT2D eigenvalue weighted by molar-refractivity contribution is 0.0794. The molecular formula is C19H18N4O3S. The van der Waals surface area contributed by atoms with Crippen molar-refractivity contribution in [2.45, 2.75) is 18.7 Å². The number of nitriles is 2. The second-order valence-electron chi connectivity index (χ2n) is 5.93. The summed E-state index contributed by atoms with van der Waals surface area (Å²) in [4.78, 5) is 13.7. The third kappa shape index (κ3) is 4.84. The summed E-state index contributed by atoms with van der Waals surface area (Å²) in [6, 6.07) is 14.7. The molecule has 0 saturated carbocycles. The number of nitrogens with zero attached hydrogens (tertiary/aromatic N) is 3. The Balaban J connectivity index is 2.32. The highest BCUT2D eigenvalue weighted by molar-refractivity contribution is 7.92. The van der Waals surface area contributed by atoms with Gasteiger partial charge < -0.3 is 4.90 Å². The Bertz CT molecular complexity index is 1030. The quantitative estimate of drug-likeness (QED) is 0.771. The topological polar surface area (TPSA) is 114 Å². The molecule has 138 valence electrons. The van der Waals surface area contributed by atoms with Crippen LogP contribution in [0.4, 0.5) is 5.69 Å². The summed E-state index contributed by atoms with van der Waals surface area (Å²) in [5, 5.41) is 17.6. The van der Waals surface area contributed by atoms with Gasteiger partial charge in [-0.3, -0.25) is 9.52 Å². The normalized spacial score (nSPS) is 10.5. The molecule has 7 nitrogen and oxygen atoms in total. The fourth-order valence-electron chi connectivity index (χ4n) is 2.48. The van der Waals surface area contributed by atoms with E-state index in [4.69, 9.17) is 10.5 Å². The van der Waals surface area contributed by atoms with Crippen LogP contribution in [0.5, 0.6) is 0 Å². The van der Waals surface area contributed by atoms with Gasteiger partial charge in [-0.15, -0.1) is 0 Å². The van der Waals surface area contributed by atoms with Gasteiger partial charge in [-0.25, -0.2) is 8.42 Å². The Labute approximate surface area is 158 Å². The number of benzene rings is 2. The number of carbonyl (C=O) groups is 1. The first-order chi connectivity index (χ1) is 12.8. The lowest BCUT2D eigenvalue weighted by Gasteiger charge is -2.16. The first kappa shape index (κ1) is 20.0. The van der Waals surface area contributed by atoms with Crippen molar-refractivity contribution in [2.75, 3.05) is 17.8 Å². The lowest BCUT2D eigenvalue weighted by Crippen LogP contribution is -2.31. The van der Waals surface area contributed by atoms with Gasteiger partial charge >= 0.3 is 0 Å². The van der Waals surface area contributed by atoms with Gasteiger partial charge in [0.25, 0.3) is 15.9 Å². The molecule has 0 bridgehead atoms. The molecule has 1 N–H and O–H groups in total. The zero-order valence-corrected chi connectivity index (χ0v) is 15.7. The second kappa shape index (κ2) is 8.35. The third-order valence-corrected chi connectivity index (χ3v) is 5.33. The SMILES string of the molecule is Cc1ccc(C)c(S(=O)(=O)Nc2cccc(C(=O)N(CC#N)CC#N)c2)c1. The maximum Gasteiger partial charge on any atom is 0.262 e. The number of sulfonamides is 1. The third-order valence-electron chi connectivity index (χ3n) is 3.81. The predicted molar refractivity (Wildman–Crippen MR) is 100 cm³/mol. The van der Waals surface area contributed by atoms with Crippen LogP contribution >= 0.6 is 0 Å². The van der Waals surface area contributed by atoms with Gasteiger partial charge in [0.05, 0.1) is 17.0 Å². The van der Waals surface area contributed by atoms with Gasteiger partial charge in [-0.2, -0.15) is 10.5 Å². The molecule has 0 aromatic heterocycles. The fraction of sp³-hybridized carbons (Fsp3) is 0.211. The maximum atomic E-state index is 12.7. The smallest absolute Gasteiger partial charge is 0.262 e. The van der Waals surface area contributed by atoms with Crippen molar-refractivity contribution in [3.05, 3.63) is 59.2 Å². The summed E-state index contributed by atoms with van der Waals surface area (Å²) >= 11 is 0. The first-order valence-corrected chi connectivity index (χ1v) is 9.50. The van der Waals surface area contributed by atoms with Gasteiger partial charge in [0, 0.05) is 11.3 Å². The monoisotopic (exact) mass is 382 g/mol. The average molecular weight is 382 g/mol. The molecule has 8 heteroatoms. The molecule has 2 aromatic carbocycles. The molecule has 0 unspecified atom stereocenters. The predicted octanol–water partition coefficient (Wildman–Crippen LogP) is 2.59. The number of hydrogen-bond acceptors (Lipinski definition) is 5. The Hall–Kier alpha value is -3.36. The van der Waals surface area contributed by atoms with E-state index in [-0.39, 0.29) is 29.2 Å². The van der Waals surface area contributed by atoms with Crippen LogP contribution in [0.3, 0.4) is 0 Å². The van der Waals surface area contributed by atoms with Gasteiger partial charge in [0.15, 0.2) is 0 Å². The fourth-order valence-corrected chi connectivity index (χ4v) is 3.86. The summed E-state index contributed by atoms with van der Waals surface area (Å²) in [5.41, 5.74) is 1.82. The van der Waals surface area contributed by atoms with E-state index in [1.54, 1.807) is 26.0 Å². The maximum absolute atomic E-state index is 12.7. The van der Waals surface area contributed by atoms with Gasteiger partial charge in [-0.1, -0.05) is 18.2 Å². The van der Waals surface area contributed by atoms with Gasteiger partial charge in [-0.05, 0) is 49.2 Å². The van der Waals surface area contributed by atoms with Crippen LogP contribution < -0.4 is 4.72 Å². The van der Waals surface area contributed by atoms with Crippen molar-refractivity contribution < 1.29 is 13.2 Å². The van der Waals surface area contributed by atoms with E-state index in [0.29, 0.717) is 5.56 Å². The minimum atomic E-state index is -3.83. The molecule has 2 aromatic rings. The van der Waals surface area contributed by atoms with Crippen LogP contribution in [-0.2, 0) is 10.0 Å². The molecule has 2 rings (SSSR count). The number of anilines is 1. The molecule has 0 heterocycles. The summed E-state index contributed by atoms with van der Waals surface area (Å²) < 4.78 is 27.9. The minimum absolute atomic E-state index is 0.162. The molecule has 0 aliphatic heterocycles. The number of hydrogen-bond donors (Lipinski definition) is 1. The van der Waals surface area contributed by atoms with Crippen LogP contribution in [0.25, 0.3) is 0 Å². The van der Waals surface area contributed by atoms with Crippen molar-refractivity contribution in [3.8, 4) is 12.1 Å². The number of rotatable bonds is 6. The Kier molecular flexibility index (Phi) is 6.17. The van der Waals surface area contributed by atoms with Crippen LogP contribution in [0.1, 0.15) is 21.5 Å². The van der Waals surface area contributed by atoms with Gasteiger partial charge in [0.1, 0.15) is 13.1 Å². The molecule has 0 aliphatic rings. The average Bonchev–Trinajstić information content (AvgIpc) is 2.62. The molecule has 0 aliphatic carbocycles. The van der Waals surface area contributed by atoms with E-state index >= 15 is 0 Å². The van der Waals surface area contributed by atoms with Crippen molar-refractivity contribution in [2.24, 2.45) is 0 Å². The highest BCUT2D eigenvalue weighted by Gasteiger charge is 2.19. The first-order valence-electron chi connectivity index (χ1n) is 8.02. The standard InChI is InChI=1S/C19H18N4O3S/c1-14-6-7-15(2)18(12-14)27(25,26)22-17-5-3-4-16(13-17)19(24)23(10-8-20)11-9-21/h3-7,12-13,22H,10-11H2,1-2H3. The van der Waals surface area contributed by atoms with Crippen molar-refractivity contribution in [1.29, 1.82) is 10.5 Å². The Morgan fingerprint density at radius 2 is 1.74 bits per heavy atom. The highest BCUT2D eigenvalue weighted by Crippen LogP contribution is 2.21. The van der Waals surface area contributed by atoms with Crippen LogP contribution in [0.15, 0.2) is 47.4 Å². The lowest BCUT2D eigenvalue weighted by atomic mass is 10.2. The molecular weight excluding hydrogens is 364 g/mol. The highest BCUT2D eigenvalue weighted by atomic mass is 32.2. The van der Waals surface area contributed by atoms with Crippen molar-refractivity contribution >= 4 is 21.6 Å². The molecule has 0 fully saturated rings. The number of amides is 1. The van der Waals surface area contributed by atoms with E-state index < -0.39 is 15.9 Å². The van der Waals surface area contributed by atoms with E-state index in [9.17, 15) is 13.2 Å².